The van der Waals surface area contributed by atoms with Gasteiger partial charge in [0.05, 0.1) is 11.1 Å². The van der Waals surface area contributed by atoms with Crippen molar-refractivity contribution in [2.75, 3.05) is 6.26 Å². The number of benzene rings is 2. The van der Waals surface area contributed by atoms with E-state index in [1.165, 1.54) is 12.1 Å². The Balaban J connectivity index is 1.71. The third-order valence-electron chi connectivity index (χ3n) is 3.21. The smallest absolute Gasteiger partial charge is 0.232 e. The van der Waals surface area contributed by atoms with Crippen LogP contribution in [0.5, 0.6) is 5.75 Å². The lowest BCUT2D eigenvalue weighted by molar-refractivity contribution is 0.264. The predicted octanol–water partition coefficient (Wildman–Crippen LogP) is 3.32. The summed E-state index contributed by atoms with van der Waals surface area (Å²) in [4.78, 5) is 4.38. The van der Waals surface area contributed by atoms with E-state index >= 15 is 0 Å². The summed E-state index contributed by atoms with van der Waals surface area (Å²) in [6.45, 7) is 0.125. The van der Waals surface area contributed by atoms with Crippen molar-refractivity contribution < 1.29 is 17.6 Å². The molecule has 0 aliphatic heterocycles. The van der Waals surface area contributed by atoms with Crippen LogP contribution in [0.25, 0.3) is 11.3 Å². The van der Waals surface area contributed by atoms with Gasteiger partial charge in [-0.15, -0.1) is 0 Å². The highest BCUT2D eigenvalue weighted by Crippen LogP contribution is 2.22. The van der Waals surface area contributed by atoms with Gasteiger partial charge in [0.15, 0.2) is 22.2 Å². The van der Waals surface area contributed by atoms with Gasteiger partial charge < -0.3 is 9.15 Å². The van der Waals surface area contributed by atoms with Crippen molar-refractivity contribution in [2.24, 2.45) is 0 Å². The summed E-state index contributed by atoms with van der Waals surface area (Å²) in [5.74, 6) is 1.54. The Hall–Kier alpha value is -2.60. The molecule has 0 amide bonds. The molecule has 0 saturated heterocycles. The first kappa shape index (κ1) is 15.3. The molecule has 0 N–H and O–H groups in total. The van der Waals surface area contributed by atoms with Crippen molar-refractivity contribution in [3.05, 3.63) is 66.7 Å². The Bertz CT molecular complexity index is 901. The fourth-order valence-electron chi connectivity index (χ4n) is 2.05. The van der Waals surface area contributed by atoms with Gasteiger partial charge in [-0.2, -0.15) is 0 Å². The van der Waals surface area contributed by atoms with Crippen LogP contribution in [0.15, 0.2) is 70.1 Å². The van der Waals surface area contributed by atoms with Gasteiger partial charge in [-0.05, 0) is 18.2 Å². The van der Waals surface area contributed by atoms with Gasteiger partial charge in [-0.1, -0.05) is 36.4 Å². The summed E-state index contributed by atoms with van der Waals surface area (Å²) in [5.41, 5.74) is 0.935. The molecule has 0 aliphatic rings. The quantitative estimate of drug-likeness (QED) is 0.718. The summed E-state index contributed by atoms with van der Waals surface area (Å²) < 4.78 is 34.3. The maximum Gasteiger partial charge on any atom is 0.232 e. The number of ether oxygens (including phenoxy) is 1. The van der Waals surface area contributed by atoms with Crippen molar-refractivity contribution >= 4 is 9.84 Å². The molecule has 0 fully saturated rings. The Morgan fingerprint density at radius 3 is 2.61 bits per heavy atom. The van der Waals surface area contributed by atoms with E-state index in [1.54, 1.807) is 18.3 Å². The predicted molar refractivity (Wildman–Crippen MR) is 85.8 cm³/mol. The molecule has 118 valence electrons. The first-order valence-corrected chi connectivity index (χ1v) is 8.84. The number of oxazole rings is 1. The normalized spacial score (nSPS) is 11.3. The average molecular weight is 329 g/mol. The minimum absolute atomic E-state index is 0.125. The van der Waals surface area contributed by atoms with Gasteiger partial charge in [-0.25, -0.2) is 13.4 Å². The van der Waals surface area contributed by atoms with Crippen molar-refractivity contribution in [1.29, 1.82) is 0 Å². The highest BCUT2D eigenvalue weighted by Gasteiger charge is 2.10. The SMILES string of the molecule is CS(=O)(=O)c1cccc(OCc2ncc(-c3ccccc3)o2)c1. The average Bonchev–Trinajstić information content (AvgIpc) is 3.02. The second kappa shape index (κ2) is 6.26. The molecule has 0 unspecified atom stereocenters. The van der Waals surface area contributed by atoms with E-state index < -0.39 is 9.84 Å². The first-order valence-electron chi connectivity index (χ1n) is 6.95. The van der Waals surface area contributed by atoms with Crippen LogP contribution in [-0.4, -0.2) is 19.7 Å². The summed E-state index contributed by atoms with van der Waals surface area (Å²) in [5, 5.41) is 0. The Kier molecular flexibility index (Phi) is 4.16. The summed E-state index contributed by atoms with van der Waals surface area (Å²) in [7, 11) is -3.26. The fourth-order valence-corrected chi connectivity index (χ4v) is 2.71. The topological polar surface area (TPSA) is 69.4 Å². The third kappa shape index (κ3) is 3.78. The first-order chi connectivity index (χ1) is 11.0. The molecule has 6 heteroatoms. The highest BCUT2D eigenvalue weighted by atomic mass is 32.2. The van der Waals surface area contributed by atoms with Gasteiger partial charge in [-0.3, -0.25) is 0 Å². The van der Waals surface area contributed by atoms with Gasteiger partial charge in [0.2, 0.25) is 5.89 Å². The van der Waals surface area contributed by atoms with Crippen LogP contribution in [0.4, 0.5) is 0 Å². The van der Waals surface area contributed by atoms with Crippen molar-refractivity contribution in [2.45, 2.75) is 11.5 Å². The van der Waals surface area contributed by atoms with Gasteiger partial charge in [0.25, 0.3) is 0 Å². The molecule has 3 rings (SSSR count). The molecule has 0 atom stereocenters. The zero-order valence-electron chi connectivity index (χ0n) is 12.5. The fraction of sp³-hybridized carbons (Fsp3) is 0.118. The van der Waals surface area contributed by atoms with Crippen LogP contribution < -0.4 is 4.74 Å². The van der Waals surface area contributed by atoms with E-state index in [4.69, 9.17) is 9.15 Å². The lowest BCUT2D eigenvalue weighted by atomic mass is 10.2. The van der Waals surface area contributed by atoms with E-state index in [-0.39, 0.29) is 11.5 Å². The third-order valence-corrected chi connectivity index (χ3v) is 4.32. The molecule has 5 nitrogen and oxygen atoms in total. The molecule has 3 aromatic rings. The molecule has 0 bridgehead atoms. The van der Waals surface area contributed by atoms with Gasteiger partial charge in [0, 0.05) is 11.8 Å². The summed E-state index contributed by atoms with van der Waals surface area (Å²) in [6.07, 6.45) is 2.80. The summed E-state index contributed by atoms with van der Waals surface area (Å²) >= 11 is 0. The number of hydrogen-bond donors (Lipinski definition) is 0. The second-order valence-electron chi connectivity index (χ2n) is 5.02. The van der Waals surface area contributed by atoms with Crippen molar-refractivity contribution in [1.82, 2.24) is 4.98 Å². The molecule has 0 radical (unpaired) electrons. The molecular formula is C17H15NO4S. The zero-order chi connectivity index (χ0) is 16.3. The van der Waals surface area contributed by atoms with Crippen LogP contribution in [0.3, 0.4) is 0 Å². The highest BCUT2D eigenvalue weighted by molar-refractivity contribution is 7.90. The van der Waals surface area contributed by atoms with Crippen LogP contribution in [-0.2, 0) is 16.4 Å². The monoisotopic (exact) mass is 329 g/mol. The van der Waals surface area contributed by atoms with Crippen LogP contribution >= 0.6 is 0 Å². The standard InChI is InChI=1S/C17H15NO4S/c1-23(19,20)15-9-5-8-14(10-15)21-12-17-18-11-16(22-17)13-6-3-2-4-7-13/h2-11H,12H2,1H3. The molecule has 0 saturated carbocycles. The Labute approximate surface area is 134 Å². The van der Waals surface area contributed by atoms with E-state index in [1.807, 2.05) is 30.3 Å². The zero-order valence-corrected chi connectivity index (χ0v) is 13.3. The molecular weight excluding hydrogens is 314 g/mol. The Morgan fingerprint density at radius 2 is 1.87 bits per heavy atom. The number of aromatic nitrogens is 1. The molecule has 23 heavy (non-hydrogen) atoms. The Morgan fingerprint density at radius 1 is 1.09 bits per heavy atom. The maximum atomic E-state index is 11.5. The van der Waals surface area contributed by atoms with Crippen molar-refractivity contribution in [3.8, 4) is 17.1 Å². The van der Waals surface area contributed by atoms with E-state index in [9.17, 15) is 8.42 Å². The van der Waals surface area contributed by atoms with E-state index in [0.29, 0.717) is 17.4 Å². The number of hydrogen-bond acceptors (Lipinski definition) is 5. The second-order valence-corrected chi connectivity index (χ2v) is 7.04. The molecule has 2 aromatic carbocycles. The minimum atomic E-state index is -3.26. The van der Waals surface area contributed by atoms with E-state index in [2.05, 4.69) is 4.98 Å². The van der Waals surface area contributed by atoms with Crippen LogP contribution in [0, 0.1) is 0 Å². The lowest BCUT2D eigenvalue weighted by Gasteiger charge is -2.05. The number of nitrogens with zero attached hydrogens (tertiary/aromatic N) is 1. The lowest BCUT2D eigenvalue weighted by Crippen LogP contribution is -1.99. The maximum absolute atomic E-state index is 11.5. The van der Waals surface area contributed by atoms with Gasteiger partial charge in [0.1, 0.15) is 5.75 Å². The van der Waals surface area contributed by atoms with Crippen LogP contribution in [0.2, 0.25) is 0 Å². The van der Waals surface area contributed by atoms with Crippen molar-refractivity contribution in [3.63, 3.8) is 0 Å². The molecule has 1 heterocycles. The summed E-state index contributed by atoms with van der Waals surface area (Å²) in [6, 6.07) is 16.0. The van der Waals surface area contributed by atoms with Gasteiger partial charge >= 0.3 is 0 Å². The minimum Gasteiger partial charge on any atom is -0.484 e. The van der Waals surface area contributed by atoms with Crippen LogP contribution in [0.1, 0.15) is 5.89 Å². The largest absolute Gasteiger partial charge is 0.484 e. The number of sulfone groups is 1. The molecule has 0 aliphatic carbocycles. The van der Waals surface area contributed by atoms with E-state index in [0.717, 1.165) is 11.8 Å². The number of rotatable bonds is 5. The molecule has 0 spiro atoms. The molecule has 1 aromatic heterocycles.